The molecule has 1 aliphatic rings. The molecule has 5 N–H and O–H groups in total. The summed E-state index contributed by atoms with van der Waals surface area (Å²) in [5.74, 6) is 0.229. The van der Waals surface area contributed by atoms with Crippen molar-refractivity contribution in [3.63, 3.8) is 0 Å². The van der Waals surface area contributed by atoms with E-state index in [0.29, 0.717) is 11.9 Å². The molecule has 0 aliphatic heterocycles. The summed E-state index contributed by atoms with van der Waals surface area (Å²) < 4.78 is 1.28. The molecule has 0 radical (unpaired) electrons. The van der Waals surface area contributed by atoms with Crippen LogP contribution in [0.4, 0.5) is 5.82 Å². The fourth-order valence-electron chi connectivity index (χ4n) is 2.79. The van der Waals surface area contributed by atoms with Crippen molar-refractivity contribution >= 4 is 28.6 Å². The smallest absolute Gasteiger partial charge is 0.226 e. The molecule has 21 heavy (non-hydrogen) atoms. The van der Waals surface area contributed by atoms with Gasteiger partial charge in [-0.25, -0.2) is 4.98 Å². The van der Waals surface area contributed by atoms with Crippen molar-refractivity contribution in [3.8, 4) is 0 Å². The second-order valence-electron chi connectivity index (χ2n) is 5.56. The molecule has 9 heteroatoms. The van der Waals surface area contributed by atoms with Crippen LogP contribution in [-0.4, -0.2) is 47.5 Å². The van der Waals surface area contributed by atoms with E-state index < -0.39 is 17.7 Å². The number of anilines is 1. The van der Waals surface area contributed by atoms with E-state index >= 15 is 0 Å². The number of aliphatic hydroxyl groups excluding tert-OH is 3. The van der Waals surface area contributed by atoms with E-state index in [9.17, 15) is 15.3 Å². The quantitative estimate of drug-likeness (QED) is 0.581. The first-order valence-electron chi connectivity index (χ1n) is 6.53. The van der Waals surface area contributed by atoms with E-state index in [0.717, 1.165) is 0 Å². The number of aliphatic hydroxyl groups is 3. The highest BCUT2D eigenvalue weighted by atomic mass is 35.5. The topological polar surface area (TPSA) is 130 Å². The highest BCUT2D eigenvalue weighted by molar-refractivity contribution is 6.28. The first-order valence-corrected chi connectivity index (χ1v) is 6.91. The lowest BCUT2D eigenvalue weighted by atomic mass is 9.96. The Kier molecular flexibility index (Phi) is 3.28. The lowest BCUT2D eigenvalue weighted by molar-refractivity contribution is -0.0822. The van der Waals surface area contributed by atoms with Gasteiger partial charge in [-0.1, -0.05) is 6.92 Å². The standard InChI is InChI=1S/C12H16ClN5O3/c1-5-2-12(5,3-19)7(20)10(21)18-4-15-6-8(14)16-11(13)17-9(6)18/h4-5,7,10,19-21H,2-3H2,1H3,(H2,14,16,17)/t5-,7?,10?,12-/m0/s1. The van der Waals surface area contributed by atoms with Gasteiger partial charge in [0.15, 0.2) is 17.7 Å². The summed E-state index contributed by atoms with van der Waals surface area (Å²) in [7, 11) is 0. The van der Waals surface area contributed by atoms with Crippen molar-refractivity contribution in [1.82, 2.24) is 19.5 Å². The number of imidazole rings is 1. The monoisotopic (exact) mass is 313 g/mol. The van der Waals surface area contributed by atoms with Crippen LogP contribution < -0.4 is 5.73 Å². The number of halogens is 1. The fraction of sp³-hybridized carbons (Fsp3) is 0.583. The summed E-state index contributed by atoms with van der Waals surface area (Å²) in [4.78, 5) is 11.8. The van der Waals surface area contributed by atoms with Crippen molar-refractivity contribution in [2.75, 3.05) is 12.3 Å². The van der Waals surface area contributed by atoms with Gasteiger partial charge in [0.1, 0.15) is 11.6 Å². The number of hydrogen-bond donors (Lipinski definition) is 4. The van der Waals surface area contributed by atoms with E-state index in [1.807, 2.05) is 6.92 Å². The Bertz CT molecular complexity index is 689. The molecule has 114 valence electrons. The van der Waals surface area contributed by atoms with Crippen LogP contribution in [0.2, 0.25) is 5.28 Å². The zero-order valence-corrected chi connectivity index (χ0v) is 12.1. The number of nitrogens with zero attached hydrogens (tertiary/aromatic N) is 4. The maximum atomic E-state index is 10.4. The lowest BCUT2D eigenvalue weighted by Gasteiger charge is -2.26. The Labute approximate surface area is 125 Å². The zero-order chi connectivity index (χ0) is 15.4. The minimum atomic E-state index is -1.31. The van der Waals surface area contributed by atoms with E-state index in [2.05, 4.69) is 15.0 Å². The first-order chi connectivity index (χ1) is 9.90. The number of aromatic nitrogens is 4. The van der Waals surface area contributed by atoms with Gasteiger partial charge in [-0.2, -0.15) is 9.97 Å². The highest BCUT2D eigenvalue weighted by Crippen LogP contribution is 2.56. The third-order valence-electron chi connectivity index (χ3n) is 4.38. The van der Waals surface area contributed by atoms with Crippen LogP contribution in [0.3, 0.4) is 0 Å². The van der Waals surface area contributed by atoms with Gasteiger partial charge in [0.05, 0.1) is 12.9 Å². The third-order valence-corrected chi connectivity index (χ3v) is 4.55. The molecule has 0 bridgehead atoms. The van der Waals surface area contributed by atoms with Crippen LogP contribution >= 0.6 is 11.6 Å². The van der Waals surface area contributed by atoms with Gasteiger partial charge in [-0.15, -0.1) is 0 Å². The van der Waals surface area contributed by atoms with Crippen molar-refractivity contribution < 1.29 is 15.3 Å². The second-order valence-corrected chi connectivity index (χ2v) is 5.89. The fourth-order valence-corrected chi connectivity index (χ4v) is 2.96. The number of rotatable bonds is 4. The average molecular weight is 314 g/mol. The summed E-state index contributed by atoms with van der Waals surface area (Å²) in [5, 5.41) is 30.2. The maximum Gasteiger partial charge on any atom is 0.226 e. The minimum absolute atomic E-state index is 0.0694. The molecule has 0 amide bonds. The zero-order valence-electron chi connectivity index (χ0n) is 11.3. The average Bonchev–Trinajstić information content (AvgIpc) is 2.92. The molecule has 0 aromatic carbocycles. The van der Waals surface area contributed by atoms with Crippen molar-refractivity contribution in [1.29, 1.82) is 0 Å². The van der Waals surface area contributed by atoms with Gasteiger partial charge >= 0.3 is 0 Å². The summed E-state index contributed by atoms with van der Waals surface area (Å²) in [6.07, 6.45) is -0.494. The number of nitrogen functional groups attached to an aromatic ring is 1. The van der Waals surface area contributed by atoms with Crippen LogP contribution in [-0.2, 0) is 0 Å². The summed E-state index contributed by atoms with van der Waals surface area (Å²) in [6, 6.07) is 0. The molecule has 2 aromatic rings. The van der Waals surface area contributed by atoms with Crippen LogP contribution in [0.25, 0.3) is 11.2 Å². The Balaban J connectivity index is 2.01. The Morgan fingerprint density at radius 3 is 2.76 bits per heavy atom. The Morgan fingerprint density at radius 1 is 1.52 bits per heavy atom. The summed E-state index contributed by atoms with van der Waals surface area (Å²) in [5.41, 5.74) is 5.54. The van der Waals surface area contributed by atoms with Crippen LogP contribution in [0, 0.1) is 11.3 Å². The van der Waals surface area contributed by atoms with Gasteiger partial charge in [0.2, 0.25) is 5.28 Å². The predicted molar refractivity (Wildman–Crippen MR) is 75.3 cm³/mol. The normalized spacial score (nSPS) is 27.8. The molecule has 0 spiro atoms. The lowest BCUT2D eigenvalue weighted by Crippen LogP contribution is -2.36. The summed E-state index contributed by atoms with van der Waals surface area (Å²) in [6.45, 7) is 1.71. The molecule has 2 aromatic heterocycles. The van der Waals surface area contributed by atoms with Gasteiger partial charge in [-0.3, -0.25) is 4.57 Å². The Hall–Kier alpha value is -1.48. The molecule has 1 fully saturated rings. The SMILES string of the molecule is C[C@H]1C[C@@]1(CO)C(O)C(O)n1cnc2c(N)nc(Cl)nc21. The molecular formula is C12H16ClN5O3. The molecule has 4 atom stereocenters. The largest absolute Gasteiger partial charge is 0.396 e. The van der Waals surface area contributed by atoms with Crippen LogP contribution in [0.15, 0.2) is 6.33 Å². The van der Waals surface area contributed by atoms with Gasteiger partial charge in [0.25, 0.3) is 0 Å². The number of nitrogens with two attached hydrogens (primary N) is 1. The maximum absolute atomic E-state index is 10.4. The van der Waals surface area contributed by atoms with Gasteiger partial charge < -0.3 is 21.1 Å². The van der Waals surface area contributed by atoms with Crippen molar-refractivity contribution in [2.24, 2.45) is 11.3 Å². The van der Waals surface area contributed by atoms with Gasteiger partial charge in [0, 0.05) is 5.41 Å². The molecule has 2 heterocycles. The third kappa shape index (κ3) is 2.06. The van der Waals surface area contributed by atoms with Crippen LogP contribution in [0.1, 0.15) is 19.6 Å². The molecule has 3 rings (SSSR count). The molecule has 2 unspecified atom stereocenters. The molecule has 0 saturated heterocycles. The molecule has 8 nitrogen and oxygen atoms in total. The second kappa shape index (κ2) is 4.77. The van der Waals surface area contributed by atoms with E-state index in [1.54, 1.807) is 0 Å². The van der Waals surface area contributed by atoms with Gasteiger partial charge in [-0.05, 0) is 23.9 Å². The number of hydrogen-bond acceptors (Lipinski definition) is 7. The van der Waals surface area contributed by atoms with Crippen LogP contribution in [0.5, 0.6) is 0 Å². The molecule has 1 aliphatic carbocycles. The van der Waals surface area contributed by atoms with Crippen molar-refractivity contribution in [3.05, 3.63) is 11.6 Å². The molecule has 1 saturated carbocycles. The first kappa shape index (κ1) is 14.5. The highest BCUT2D eigenvalue weighted by Gasteiger charge is 2.58. The van der Waals surface area contributed by atoms with E-state index in [1.165, 1.54) is 10.9 Å². The van der Waals surface area contributed by atoms with E-state index in [4.69, 9.17) is 17.3 Å². The number of fused-ring (bicyclic) bond motifs is 1. The van der Waals surface area contributed by atoms with E-state index in [-0.39, 0.29) is 29.3 Å². The minimum Gasteiger partial charge on any atom is -0.396 e. The van der Waals surface area contributed by atoms with Crippen molar-refractivity contribution in [2.45, 2.75) is 25.7 Å². The summed E-state index contributed by atoms with van der Waals surface area (Å²) >= 11 is 5.76. The Morgan fingerprint density at radius 2 is 2.19 bits per heavy atom. The predicted octanol–water partition coefficient (Wildman–Crippen LogP) is -0.0678. The molecular weight excluding hydrogens is 298 g/mol.